The van der Waals surface area contributed by atoms with Gasteiger partial charge in [-0.25, -0.2) is 0 Å². The quantitative estimate of drug-likeness (QED) is 0.134. The van der Waals surface area contributed by atoms with Crippen molar-refractivity contribution in [2.75, 3.05) is 30.6 Å². The summed E-state index contributed by atoms with van der Waals surface area (Å²) in [6.45, 7) is 0. The molecule has 0 aliphatic carbocycles. The topological polar surface area (TPSA) is 106 Å². The molecule has 4 aromatic carbocycles. The van der Waals surface area contributed by atoms with E-state index in [9.17, 15) is 14.4 Å². The van der Waals surface area contributed by atoms with Crippen molar-refractivity contribution >= 4 is 58.5 Å². The zero-order valence-corrected chi connectivity index (χ0v) is 24.4. The van der Waals surface area contributed by atoms with Crippen LogP contribution in [-0.2, 0) is 9.59 Å². The van der Waals surface area contributed by atoms with Gasteiger partial charge in [-0.2, -0.15) is 0 Å². The fourth-order valence-electron chi connectivity index (χ4n) is 3.78. The van der Waals surface area contributed by atoms with Crippen LogP contribution in [0.5, 0.6) is 11.5 Å². The van der Waals surface area contributed by atoms with Crippen molar-refractivity contribution in [3.05, 3.63) is 119 Å². The average molecular weight is 602 g/mol. The number of benzene rings is 4. The molecule has 10 heteroatoms. The van der Waals surface area contributed by atoms with E-state index >= 15 is 0 Å². The minimum atomic E-state index is -0.520. The molecule has 8 nitrogen and oxygen atoms in total. The van der Waals surface area contributed by atoms with Gasteiger partial charge in [0.15, 0.2) is 11.5 Å². The number of carbonyl (C=O) groups excluding carboxylic acids is 3. The number of ether oxygens (including phenoxy) is 2. The number of rotatable bonds is 11. The van der Waals surface area contributed by atoms with Gasteiger partial charge in [-0.1, -0.05) is 48.0 Å². The standard InChI is InChI=1S/C32H28ClN3O5S/c1-40-28-17-12-21(19-29(28)41-2)18-27(36-31(38)22-8-4-3-5-9-22)32(39)34-23-13-15-24(16-14-23)42-20-30(37)35-26-11-7-6-10-25(26)33/h3-19H,20H2,1-2H3,(H,34,39)(H,35,37)(H,36,38)/b27-18-. The van der Waals surface area contributed by atoms with E-state index in [0.717, 1.165) is 4.90 Å². The van der Waals surface area contributed by atoms with Crippen LogP contribution in [0.15, 0.2) is 108 Å². The maximum Gasteiger partial charge on any atom is 0.272 e. The molecule has 214 valence electrons. The Morgan fingerprint density at radius 1 is 0.810 bits per heavy atom. The first kappa shape index (κ1) is 30.2. The van der Waals surface area contributed by atoms with E-state index in [2.05, 4.69) is 16.0 Å². The van der Waals surface area contributed by atoms with Gasteiger partial charge in [0, 0.05) is 16.1 Å². The van der Waals surface area contributed by atoms with Gasteiger partial charge >= 0.3 is 0 Å². The first-order chi connectivity index (χ1) is 20.4. The van der Waals surface area contributed by atoms with Gasteiger partial charge < -0.3 is 25.4 Å². The number of carbonyl (C=O) groups is 3. The maximum atomic E-state index is 13.3. The summed E-state index contributed by atoms with van der Waals surface area (Å²) in [5, 5.41) is 8.79. The number of hydrogen-bond acceptors (Lipinski definition) is 6. The van der Waals surface area contributed by atoms with Crippen LogP contribution in [0.3, 0.4) is 0 Å². The predicted molar refractivity (Wildman–Crippen MR) is 167 cm³/mol. The minimum Gasteiger partial charge on any atom is -0.493 e. The fraction of sp³-hybridized carbons (Fsp3) is 0.0938. The average Bonchev–Trinajstić information content (AvgIpc) is 3.01. The van der Waals surface area contributed by atoms with E-state index < -0.39 is 11.8 Å². The van der Waals surface area contributed by atoms with Crippen LogP contribution in [-0.4, -0.2) is 37.7 Å². The predicted octanol–water partition coefficient (Wildman–Crippen LogP) is 6.50. The van der Waals surface area contributed by atoms with Crippen molar-refractivity contribution in [1.82, 2.24) is 5.32 Å². The van der Waals surface area contributed by atoms with E-state index in [1.54, 1.807) is 103 Å². The Hall–Kier alpha value is -4.73. The Morgan fingerprint density at radius 3 is 2.19 bits per heavy atom. The number of hydrogen-bond donors (Lipinski definition) is 3. The third kappa shape index (κ3) is 8.39. The van der Waals surface area contributed by atoms with Gasteiger partial charge in [0.1, 0.15) is 5.70 Å². The summed E-state index contributed by atoms with van der Waals surface area (Å²) in [5.74, 6) is 0.0560. The number of para-hydroxylation sites is 1. The Labute approximate surface area is 253 Å². The summed E-state index contributed by atoms with van der Waals surface area (Å²) in [7, 11) is 3.05. The molecule has 0 spiro atoms. The lowest BCUT2D eigenvalue weighted by Gasteiger charge is -2.13. The molecule has 3 amide bonds. The van der Waals surface area contributed by atoms with Crippen molar-refractivity contribution in [1.29, 1.82) is 0 Å². The van der Waals surface area contributed by atoms with Crippen LogP contribution in [0, 0.1) is 0 Å². The third-order valence-corrected chi connectivity index (χ3v) is 7.22. The highest BCUT2D eigenvalue weighted by Gasteiger charge is 2.16. The molecular formula is C32H28ClN3O5S. The van der Waals surface area contributed by atoms with Crippen LogP contribution in [0.25, 0.3) is 6.08 Å². The number of amides is 3. The second kappa shape index (κ2) is 14.8. The van der Waals surface area contributed by atoms with Crippen molar-refractivity contribution in [2.45, 2.75) is 4.90 Å². The van der Waals surface area contributed by atoms with Gasteiger partial charge in [0.25, 0.3) is 11.8 Å². The second-order valence-corrected chi connectivity index (χ2v) is 10.2. The molecule has 0 bridgehead atoms. The number of methoxy groups -OCH3 is 2. The first-order valence-corrected chi connectivity index (χ1v) is 14.1. The van der Waals surface area contributed by atoms with Gasteiger partial charge in [0.05, 0.1) is 30.7 Å². The molecule has 0 fully saturated rings. The number of halogens is 1. The van der Waals surface area contributed by atoms with E-state index in [1.807, 2.05) is 0 Å². The lowest BCUT2D eigenvalue weighted by atomic mass is 10.1. The van der Waals surface area contributed by atoms with Gasteiger partial charge in [-0.15, -0.1) is 11.8 Å². The van der Waals surface area contributed by atoms with Crippen LogP contribution < -0.4 is 25.4 Å². The summed E-state index contributed by atoms with van der Waals surface area (Å²) in [6, 6.07) is 27.8. The molecule has 4 aromatic rings. The molecule has 3 N–H and O–H groups in total. The van der Waals surface area contributed by atoms with Crippen LogP contribution in [0.4, 0.5) is 11.4 Å². The van der Waals surface area contributed by atoms with Crippen LogP contribution in [0.1, 0.15) is 15.9 Å². The highest BCUT2D eigenvalue weighted by atomic mass is 35.5. The molecule has 0 heterocycles. The molecule has 0 saturated carbocycles. The lowest BCUT2D eigenvalue weighted by Crippen LogP contribution is -2.30. The zero-order chi connectivity index (χ0) is 29.9. The van der Waals surface area contributed by atoms with E-state index in [0.29, 0.717) is 39.0 Å². The zero-order valence-electron chi connectivity index (χ0n) is 22.8. The molecule has 0 aromatic heterocycles. The molecule has 42 heavy (non-hydrogen) atoms. The monoisotopic (exact) mass is 601 g/mol. The van der Waals surface area contributed by atoms with Gasteiger partial charge in [-0.05, 0) is 72.3 Å². The smallest absolute Gasteiger partial charge is 0.272 e. The van der Waals surface area contributed by atoms with Crippen molar-refractivity contribution in [2.24, 2.45) is 0 Å². The highest BCUT2D eigenvalue weighted by Crippen LogP contribution is 2.29. The molecular weight excluding hydrogens is 574 g/mol. The molecule has 0 aliphatic rings. The highest BCUT2D eigenvalue weighted by molar-refractivity contribution is 8.00. The van der Waals surface area contributed by atoms with Crippen LogP contribution >= 0.6 is 23.4 Å². The van der Waals surface area contributed by atoms with Crippen LogP contribution in [0.2, 0.25) is 5.02 Å². The summed E-state index contributed by atoms with van der Waals surface area (Å²) >= 11 is 7.45. The Balaban J connectivity index is 1.45. The molecule has 0 saturated heterocycles. The molecule has 0 radical (unpaired) electrons. The number of thioether (sulfide) groups is 1. The summed E-state index contributed by atoms with van der Waals surface area (Å²) in [6.07, 6.45) is 1.56. The number of nitrogens with one attached hydrogen (secondary N) is 3. The maximum absolute atomic E-state index is 13.3. The lowest BCUT2D eigenvalue weighted by molar-refractivity contribution is -0.114. The molecule has 0 unspecified atom stereocenters. The Morgan fingerprint density at radius 2 is 1.50 bits per heavy atom. The van der Waals surface area contributed by atoms with Gasteiger partial charge in [0.2, 0.25) is 5.91 Å². The van der Waals surface area contributed by atoms with E-state index in [-0.39, 0.29) is 17.4 Å². The number of anilines is 2. The van der Waals surface area contributed by atoms with Crippen molar-refractivity contribution in [3.63, 3.8) is 0 Å². The van der Waals surface area contributed by atoms with Crippen molar-refractivity contribution in [3.8, 4) is 11.5 Å². The Kier molecular flexibility index (Phi) is 10.6. The molecule has 0 atom stereocenters. The molecule has 0 aliphatic heterocycles. The largest absolute Gasteiger partial charge is 0.493 e. The third-order valence-electron chi connectivity index (χ3n) is 5.88. The normalized spacial score (nSPS) is 10.9. The Bertz CT molecular complexity index is 1590. The molecule has 4 rings (SSSR count). The van der Waals surface area contributed by atoms with E-state index in [1.165, 1.54) is 26.0 Å². The van der Waals surface area contributed by atoms with Crippen molar-refractivity contribution < 1.29 is 23.9 Å². The fourth-order valence-corrected chi connectivity index (χ4v) is 4.66. The van der Waals surface area contributed by atoms with E-state index in [4.69, 9.17) is 21.1 Å². The van der Waals surface area contributed by atoms with Gasteiger partial charge in [-0.3, -0.25) is 14.4 Å². The SMILES string of the molecule is COc1ccc(/C=C(\NC(=O)c2ccccc2)C(=O)Nc2ccc(SCC(=O)Nc3ccccc3Cl)cc2)cc1OC. The summed E-state index contributed by atoms with van der Waals surface area (Å²) < 4.78 is 10.7. The minimum absolute atomic E-state index is 0.0331. The summed E-state index contributed by atoms with van der Waals surface area (Å²) in [5.41, 5.74) is 2.12. The first-order valence-electron chi connectivity index (χ1n) is 12.7. The summed E-state index contributed by atoms with van der Waals surface area (Å²) in [4.78, 5) is 39.4. The second-order valence-electron chi connectivity index (χ2n) is 8.79.